The predicted octanol–water partition coefficient (Wildman–Crippen LogP) is 4.27. The van der Waals surface area contributed by atoms with Gasteiger partial charge in [-0.2, -0.15) is 0 Å². The monoisotopic (exact) mass is 219 g/mol. The van der Waals surface area contributed by atoms with Gasteiger partial charge in [0, 0.05) is 5.92 Å². The van der Waals surface area contributed by atoms with Crippen molar-refractivity contribution in [2.45, 2.75) is 12.8 Å². The average Bonchev–Trinajstić information content (AvgIpc) is 2.40. The molecule has 0 fully saturated rings. The van der Waals surface area contributed by atoms with Crippen molar-refractivity contribution in [3.05, 3.63) is 83.3 Å². The standard InChI is InChI=1S/C17H15/c1-2-7-14(8-3-1)13-16-11-6-10-15-9-4-5-12-17(15)16/h1-10,12H,11,13H2. The summed E-state index contributed by atoms with van der Waals surface area (Å²) in [5.74, 6) is 1.52. The molecule has 0 unspecified atom stereocenters. The molecule has 0 heteroatoms. The van der Waals surface area contributed by atoms with Gasteiger partial charge in [-0.3, -0.25) is 0 Å². The van der Waals surface area contributed by atoms with Crippen LogP contribution in [0, 0.1) is 5.92 Å². The normalized spacial score (nSPS) is 14.6. The van der Waals surface area contributed by atoms with Gasteiger partial charge in [0.05, 0.1) is 0 Å². The first kappa shape index (κ1) is 10.3. The van der Waals surface area contributed by atoms with E-state index in [0.717, 1.165) is 12.8 Å². The second-order valence-electron chi connectivity index (χ2n) is 4.46. The third kappa shape index (κ3) is 2.16. The molecule has 2 aromatic carbocycles. The van der Waals surface area contributed by atoms with Gasteiger partial charge in [0.15, 0.2) is 0 Å². The molecule has 0 amide bonds. The minimum absolute atomic E-state index is 1.06. The van der Waals surface area contributed by atoms with Gasteiger partial charge in [0.2, 0.25) is 0 Å². The fourth-order valence-electron chi connectivity index (χ4n) is 2.41. The van der Waals surface area contributed by atoms with Crippen LogP contribution in [-0.4, -0.2) is 0 Å². The van der Waals surface area contributed by atoms with Gasteiger partial charge in [-0.25, -0.2) is 0 Å². The highest BCUT2D eigenvalue weighted by atomic mass is 14.2. The number of hydrogen-bond donors (Lipinski definition) is 0. The van der Waals surface area contributed by atoms with Gasteiger partial charge in [0.1, 0.15) is 0 Å². The molecule has 0 bridgehead atoms. The molecule has 0 saturated heterocycles. The molecule has 0 spiro atoms. The van der Waals surface area contributed by atoms with Crippen LogP contribution in [0.5, 0.6) is 0 Å². The Bertz CT molecular complexity index is 523. The molecule has 2 aromatic rings. The molecule has 1 aliphatic rings. The molecule has 0 heterocycles. The fraction of sp³-hybridized carbons (Fsp3) is 0.118. The van der Waals surface area contributed by atoms with Gasteiger partial charge in [-0.05, 0) is 29.5 Å². The van der Waals surface area contributed by atoms with Crippen LogP contribution in [0.4, 0.5) is 0 Å². The highest BCUT2D eigenvalue weighted by molar-refractivity contribution is 5.62. The Labute approximate surface area is 103 Å². The summed E-state index contributed by atoms with van der Waals surface area (Å²) in [6.07, 6.45) is 6.62. The number of benzene rings is 2. The minimum atomic E-state index is 1.06. The van der Waals surface area contributed by atoms with Crippen molar-refractivity contribution in [3.63, 3.8) is 0 Å². The van der Waals surface area contributed by atoms with E-state index >= 15 is 0 Å². The fourth-order valence-corrected chi connectivity index (χ4v) is 2.41. The second-order valence-corrected chi connectivity index (χ2v) is 4.46. The molecule has 0 aromatic heterocycles. The van der Waals surface area contributed by atoms with E-state index in [-0.39, 0.29) is 0 Å². The Hall–Kier alpha value is -1.82. The van der Waals surface area contributed by atoms with Crippen molar-refractivity contribution in [3.8, 4) is 0 Å². The van der Waals surface area contributed by atoms with Gasteiger partial charge in [0.25, 0.3) is 0 Å². The maximum Gasteiger partial charge on any atom is 0.0137 e. The van der Waals surface area contributed by atoms with Crippen molar-refractivity contribution >= 4 is 6.08 Å². The van der Waals surface area contributed by atoms with Crippen LogP contribution in [0.3, 0.4) is 0 Å². The zero-order chi connectivity index (χ0) is 11.5. The minimum Gasteiger partial charge on any atom is -0.0830 e. The summed E-state index contributed by atoms with van der Waals surface area (Å²) >= 11 is 0. The van der Waals surface area contributed by atoms with E-state index in [9.17, 15) is 0 Å². The maximum absolute atomic E-state index is 2.26. The van der Waals surface area contributed by atoms with Gasteiger partial charge < -0.3 is 0 Å². The van der Waals surface area contributed by atoms with E-state index in [0.29, 0.717) is 0 Å². The van der Waals surface area contributed by atoms with E-state index in [2.05, 4.69) is 66.7 Å². The maximum atomic E-state index is 2.26. The lowest BCUT2D eigenvalue weighted by Crippen LogP contribution is -2.07. The lowest BCUT2D eigenvalue weighted by atomic mass is 9.83. The molecular formula is C17H15. The summed E-state index contributed by atoms with van der Waals surface area (Å²) in [6, 6.07) is 19.4. The Morgan fingerprint density at radius 2 is 1.59 bits per heavy atom. The lowest BCUT2D eigenvalue weighted by Gasteiger charge is -2.21. The summed E-state index contributed by atoms with van der Waals surface area (Å²) in [4.78, 5) is 0. The summed E-state index contributed by atoms with van der Waals surface area (Å²) in [7, 11) is 0. The molecule has 1 aliphatic carbocycles. The molecule has 0 nitrogen and oxygen atoms in total. The van der Waals surface area contributed by atoms with E-state index in [1.165, 1.54) is 22.6 Å². The van der Waals surface area contributed by atoms with Crippen LogP contribution >= 0.6 is 0 Å². The zero-order valence-corrected chi connectivity index (χ0v) is 9.77. The first-order chi connectivity index (χ1) is 8.43. The number of allylic oxidation sites excluding steroid dienone is 1. The molecular weight excluding hydrogens is 204 g/mol. The van der Waals surface area contributed by atoms with Gasteiger partial charge >= 0.3 is 0 Å². The third-order valence-electron chi connectivity index (χ3n) is 3.26. The molecule has 0 saturated carbocycles. The van der Waals surface area contributed by atoms with Gasteiger partial charge in [-0.15, -0.1) is 0 Å². The average molecular weight is 219 g/mol. The van der Waals surface area contributed by atoms with Crippen LogP contribution in [0.15, 0.2) is 60.7 Å². The summed E-state index contributed by atoms with van der Waals surface area (Å²) in [6.45, 7) is 0. The Kier molecular flexibility index (Phi) is 2.79. The van der Waals surface area contributed by atoms with Crippen molar-refractivity contribution < 1.29 is 0 Å². The van der Waals surface area contributed by atoms with Crippen LogP contribution in [0.25, 0.3) is 6.08 Å². The highest BCUT2D eigenvalue weighted by Crippen LogP contribution is 2.31. The van der Waals surface area contributed by atoms with Crippen molar-refractivity contribution in [2.24, 2.45) is 0 Å². The predicted molar refractivity (Wildman–Crippen MR) is 72.6 cm³/mol. The largest absolute Gasteiger partial charge is 0.0830 e. The van der Waals surface area contributed by atoms with E-state index in [1.807, 2.05) is 0 Å². The molecule has 0 N–H and O–H groups in total. The lowest BCUT2D eigenvalue weighted by molar-refractivity contribution is 0.912. The Morgan fingerprint density at radius 3 is 2.47 bits per heavy atom. The topological polar surface area (TPSA) is 0 Å². The first-order valence-electron chi connectivity index (χ1n) is 6.08. The number of hydrogen-bond acceptors (Lipinski definition) is 0. The van der Waals surface area contributed by atoms with Crippen LogP contribution in [0.1, 0.15) is 23.1 Å². The van der Waals surface area contributed by atoms with E-state index < -0.39 is 0 Å². The summed E-state index contributed by atoms with van der Waals surface area (Å²) in [5, 5.41) is 0. The quantitative estimate of drug-likeness (QED) is 0.707. The van der Waals surface area contributed by atoms with Crippen molar-refractivity contribution in [2.75, 3.05) is 0 Å². The van der Waals surface area contributed by atoms with E-state index in [4.69, 9.17) is 0 Å². The molecule has 83 valence electrons. The van der Waals surface area contributed by atoms with Crippen LogP contribution in [-0.2, 0) is 6.42 Å². The van der Waals surface area contributed by atoms with Crippen LogP contribution < -0.4 is 0 Å². The van der Waals surface area contributed by atoms with Gasteiger partial charge in [-0.1, -0.05) is 66.7 Å². The molecule has 17 heavy (non-hydrogen) atoms. The highest BCUT2D eigenvalue weighted by Gasteiger charge is 2.17. The number of fused-ring (bicyclic) bond motifs is 1. The SMILES string of the molecule is C1=Cc2ccccc2[C](Cc2ccccc2)C1. The second kappa shape index (κ2) is 4.58. The Balaban J connectivity index is 1.88. The molecule has 3 rings (SSSR count). The number of rotatable bonds is 2. The summed E-state index contributed by atoms with van der Waals surface area (Å²) in [5.41, 5.74) is 4.16. The first-order valence-corrected chi connectivity index (χ1v) is 6.08. The third-order valence-corrected chi connectivity index (χ3v) is 3.26. The molecule has 0 atom stereocenters. The smallest absolute Gasteiger partial charge is 0.0137 e. The molecule has 0 aliphatic heterocycles. The van der Waals surface area contributed by atoms with Crippen molar-refractivity contribution in [1.82, 2.24) is 0 Å². The molecule has 1 radical (unpaired) electrons. The van der Waals surface area contributed by atoms with E-state index in [1.54, 1.807) is 0 Å². The summed E-state index contributed by atoms with van der Waals surface area (Å²) < 4.78 is 0. The van der Waals surface area contributed by atoms with Crippen molar-refractivity contribution in [1.29, 1.82) is 0 Å². The Morgan fingerprint density at radius 1 is 0.824 bits per heavy atom. The zero-order valence-electron chi connectivity index (χ0n) is 9.77. The van der Waals surface area contributed by atoms with Crippen LogP contribution in [0.2, 0.25) is 0 Å².